The van der Waals surface area contributed by atoms with E-state index in [0.717, 1.165) is 82.8 Å². The maximum absolute atomic E-state index is 6.29. The van der Waals surface area contributed by atoms with Crippen molar-refractivity contribution in [2.24, 2.45) is 26.9 Å². The summed E-state index contributed by atoms with van der Waals surface area (Å²) in [5, 5.41) is 0. The van der Waals surface area contributed by atoms with Gasteiger partial charge in [0, 0.05) is 59.2 Å². The van der Waals surface area contributed by atoms with Crippen molar-refractivity contribution in [1.82, 2.24) is 4.98 Å². The number of fused-ring (bicyclic) bond motifs is 8. The third-order valence-electron chi connectivity index (χ3n) is 10.5. The highest BCUT2D eigenvalue weighted by atomic mass is 127. The zero-order valence-corrected chi connectivity index (χ0v) is 32.4. The molecule has 10 rings (SSSR count). The lowest BCUT2D eigenvalue weighted by Crippen LogP contribution is -2.31. The molecule has 4 N–H and O–H groups in total. The number of pyridine rings is 1. The molecule has 9 nitrogen and oxygen atoms in total. The average molecular weight is 879 g/mol. The summed E-state index contributed by atoms with van der Waals surface area (Å²) in [4.78, 5) is 13.7. The van der Waals surface area contributed by atoms with Gasteiger partial charge in [0.15, 0.2) is 11.1 Å². The number of hydrogen-bond acceptors (Lipinski definition) is 9. The van der Waals surface area contributed by atoms with Gasteiger partial charge in [0.25, 0.3) is 12.0 Å². The van der Waals surface area contributed by atoms with Crippen molar-refractivity contribution in [3.8, 4) is 46.0 Å². The minimum atomic E-state index is -0.761. The van der Waals surface area contributed by atoms with E-state index in [2.05, 4.69) is 85.5 Å². The first-order valence-electron chi connectivity index (χ1n) is 17.3. The minimum Gasteiger partial charge on any atom is -0.462 e. The number of aliphatic imine (C=N–C) groups is 2. The summed E-state index contributed by atoms with van der Waals surface area (Å²) in [6.07, 6.45) is 7.21. The highest BCUT2D eigenvalue weighted by Gasteiger charge is 2.48. The van der Waals surface area contributed by atoms with Gasteiger partial charge in [0.05, 0.1) is 0 Å². The number of halogens is 2. The molecule has 5 aliphatic rings. The molecule has 2 atom stereocenters. The maximum Gasteiger partial charge on any atom is 0.283 e. The van der Waals surface area contributed by atoms with Gasteiger partial charge in [0.1, 0.15) is 36.2 Å². The molecule has 5 aromatic rings. The maximum atomic E-state index is 6.29. The van der Waals surface area contributed by atoms with Crippen LogP contribution in [-0.2, 0) is 20.6 Å². The molecular formula is C42H33BrIN5O4. The van der Waals surface area contributed by atoms with Crippen molar-refractivity contribution in [2.75, 3.05) is 13.2 Å². The number of benzene rings is 4. The highest BCUT2D eigenvalue weighted by Crippen LogP contribution is 2.53. The van der Waals surface area contributed by atoms with Gasteiger partial charge in [-0.15, -0.1) is 0 Å². The van der Waals surface area contributed by atoms with Crippen LogP contribution < -0.4 is 20.9 Å². The van der Waals surface area contributed by atoms with Crippen molar-refractivity contribution < 1.29 is 18.9 Å². The fraction of sp³-hybridized carbons (Fsp3) is 0.214. The van der Waals surface area contributed by atoms with E-state index in [4.69, 9.17) is 35.4 Å². The summed E-state index contributed by atoms with van der Waals surface area (Å²) in [6, 6.07) is 28.5. The molecular weight excluding hydrogens is 845 g/mol. The van der Waals surface area contributed by atoms with Crippen molar-refractivity contribution in [2.45, 2.75) is 37.3 Å². The van der Waals surface area contributed by atoms with Crippen molar-refractivity contribution in [3.05, 3.63) is 133 Å². The molecule has 0 radical (unpaired) electrons. The van der Waals surface area contributed by atoms with Crippen molar-refractivity contribution in [1.29, 1.82) is 0 Å². The summed E-state index contributed by atoms with van der Waals surface area (Å²) < 4.78 is 25.6. The topological polar surface area (TPSA) is 127 Å². The first kappa shape index (κ1) is 33.8. The fourth-order valence-corrected chi connectivity index (χ4v) is 8.35. The molecule has 0 bridgehead atoms. The van der Waals surface area contributed by atoms with Crippen LogP contribution >= 0.6 is 38.5 Å². The number of nitrogens with zero attached hydrogens (tertiary/aromatic N) is 3. The average Bonchev–Trinajstić information content (AvgIpc) is 3.75. The van der Waals surface area contributed by atoms with Gasteiger partial charge in [-0.2, -0.15) is 0 Å². The predicted molar refractivity (Wildman–Crippen MR) is 215 cm³/mol. The molecule has 264 valence electrons. The molecule has 1 fully saturated rings. The third kappa shape index (κ3) is 5.88. The van der Waals surface area contributed by atoms with Gasteiger partial charge in [0.2, 0.25) is 0 Å². The van der Waals surface area contributed by atoms with E-state index in [1.165, 1.54) is 6.42 Å². The van der Waals surface area contributed by atoms with Crippen LogP contribution in [0.1, 0.15) is 54.0 Å². The van der Waals surface area contributed by atoms with E-state index in [0.29, 0.717) is 13.2 Å². The van der Waals surface area contributed by atoms with Gasteiger partial charge in [-0.25, -0.2) is 9.98 Å². The van der Waals surface area contributed by atoms with Crippen LogP contribution in [0.4, 0.5) is 0 Å². The standard InChI is InChI=1S/C27H23N3O2.C15H10BrIN2O2/c1-26(10-3-11-26)12-9-18-5-7-23-21(14-18)27(17-31-25(28)30-27)22-15-19(6-8-24(22)32-23)20-4-2-13-29-16-20;16-8-1-3-12-10(5-8)15(7-20-14(18)19-15)11-6-9(17)2-4-13(11)21-12/h2,4-8,13-16H,3,10-11,17H2,1H3,(H2,28,30);1-6H,7H2,(H2,18,19)/t27-;15-/m10/s1. The van der Waals surface area contributed by atoms with Gasteiger partial charge in [-0.05, 0) is 121 Å². The smallest absolute Gasteiger partial charge is 0.283 e. The second kappa shape index (κ2) is 12.8. The predicted octanol–water partition coefficient (Wildman–Crippen LogP) is 8.73. The zero-order chi connectivity index (χ0) is 36.4. The molecule has 53 heavy (non-hydrogen) atoms. The van der Waals surface area contributed by atoms with E-state index in [1.54, 1.807) is 6.20 Å². The largest absolute Gasteiger partial charge is 0.462 e. The summed E-state index contributed by atoms with van der Waals surface area (Å²) in [6.45, 7) is 2.95. The number of nitrogens with two attached hydrogens (primary N) is 2. The molecule has 11 heteroatoms. The van der Waals surface area contributed by atoms with Gasteiger partial charge < -0.3 is 30.4 Å². The minimum absolute atomic E-state index is 0.133. The lowest BCUT2D eigenvalue weighted by atomic mass is 9.71. The molecule has 0 unspecified atom stereocenters. The Morgan fingerprint density at radius 1 is 0.717 bits per heavy atom. The summed E-state index contributed by atoms with van der Waals surface area (Å²) in [5.74, 6) is 9.95. The number of aromatic nitrogens is 1. The molecule has 0 amide bonds. The van der Waals surface area contributed by atoms with E-state index >= 15 is 0 Å². The Balaban J connectivity index is 0.000000153. The van der Waals surface area contributed by atoms with Crippen molar-refractivity contribution in [3.63, 3.8) is 0 Å². The Kier molecular flexibility index (Phi) is 8.16. The lowest BCUT2D eigenvalue weighted by molar-refractivity contribution is 0.248. The lowest BCUT2D eigenvalue weighted by Gasteiger charge is -2.34. The molecule has 1 aromatic heterocycles. The third-order valence-corrected chi connectivity index (χ3v) is 11.6. The van der Waals surface area contributed by atoms with Gasteiger partial charge in [-0.3, -0.25) is 4.98 Å². The normalized spacial score (nSPS) is 21.9. The van der Waals surface area contributed by atoms with Crippen LogP contribution in [0, 0.1) is 20.8 Å². The van der Waals surface area contributed by atoms with Gasteiger partial charge in [-0.1, -0.05) is 46.3 Å². The first-order valence-corrected chi connectivity index (χ1v) is 19.2. The van der Waals surface area contributed by atoms with Crippen molar-refractivity contribution >= 4 is 50.6 Å². The molecule has 5 heterocycles. The van der Waals surface area contributed by atoms with Crippen LogP contribution in [0.25, 0.3) is 11.1 Å². The monoisotopic (exact) mass is 877 g/mol. The number of hydrogen-bond donors (Lipinski definition) is 2. The highest BCUT2D eigenvalue weighted by molar-refractivity contribution is 14.1. The van der Waals surface area contributed by atoms with E-state index in [-0.39, 0.29) is 17.5 Å². The quantitative estimate of drug-likeness (QED) is 0.128. The number of amidine groups is 2. The molecule has 0 saturated heterocycles. The van der Waals surface area contributed by atoms with Crippen LogP contribution in [0.5, 0.6) is 23.0 Å². The molecule has 4 aromatic carbocycles. The van der Waals surface area contributed by atoms with Gasteiger partial charge >= 0.3 is 0 Å². The Hall–Kier alpha value is -5.06. The molecule has 4 aliphatic heterocycles. The van der Waals surface area contributed by atoms with E-state index in [9.17, 15) is 0 Å². The summed E-state index contributed by atoms with van der Waals surface area (Å²) in [5.41, 5.74) is 17.4. The summed E-state index contributed by atoms with van der Waals surface area (Å²) >= 11 is 5.79. The summed E-state index contributed by atoms with van der Waals surface area (Å²) in [7, 11) is 0. The second-order valence-corrected chi connectivity index (χ2v) is 16.2. The number of ether oxygens (including phenoxy) is 4. The van der Waals surface area contributed by atoms with Crippen LogP contribution in [0.2, 0.25) is 0 Å². The fourth-order valence-electron chi connectivity index (χ4n) is 7.50. The van der Waals surface area contributed by atoms with Crippen LogP contribution in [0.3, 0.4) is 0 Å². The van der Waals surface area contributed by atoms with E-state index in [1.807, 2.05) is 72.9 Å². The Morgan fingerprint density at radius 3 is 1.92 bits per heavy atom. The Labute approximate surface area is 329 Å². The second-order valence-electron chi connectivity index (χ2n) is 14.0. The molecule has 2 spiro atoms. The first-order chi connectivity index (χ1) is 25.6. The van der Waals surface area contributed by atoms with Crippen LogP contribution in [-0.4, -0.2) is 30.2 Å². The zero-order valence-electron chi connectivity index (χ0n) is 28.7. The van der Waals surface area contributed by atoms with Crippen LogP contribution in [0.15, 0.2) is 112 Å². The van der Waals surface area contributed by atoms with E-state index < -0.39 is 11.1 Å². The molecule has 1 aliphatic carbocycles. The Morgan fingerprint density at radius 2 is 1.32 bits per heavy atom. The SMILES string of the molecule is CC1(C#Cc2ccc3c(c2)[C@]2(COC(N)=N2)c2cc(-c4cccnc4)ccc2O3)CCC1.NC1=N[C@@]2(CO1)c1cc(Br)ccc1Oc1ccc(I)cc12. The Bertz CT molecular complexity index is 2390. The number of rotatable bonds is 1. The molecule has 1 saturated carbocycles.